The monoisotopic (exact) mass is 400 g/mol. The van der Waals surface area contributed by atoms with Crippen molar-refractivity contribution in [3.63, 3.8) is 0 Å². The first-order valence-electron chi connectivity index (χ1n) is 9.59. The largest absolute Gasteiger partial charge is 0.351 e. The van der Waals surface area contributed by atoms with Gasteiger partial charge in [0.25, 0.3) is 11.8 Å². The van der Waals surface area contributed by atoms with Crippen LogP contribution < -0.4 is 15.1 Å². The molecule has 27 heavy (non-hydrogen) atoms. The molecule has 1 aromatic carbocycles. The van der Waals surface area contributed by atoms with E-state index in [1.807, 2.05) is 18.7 Å². The third-order valence-corrected chi connectivity index (χ3v) is 5.35. The van der Waals surface area contributed by atoms with Crippen LogP contribution in [-0.2, 0) is 16.1 Å². The van der Waals surface area contributed by atoms with Crippen molar-refractivity contribution in [1.82, 2.24) is 10.2 Å². The lowest BCUT2D eigenvalue weighted by Gasteiger charge is -2.33. The number of benzene rings is 1. The molecule has 1 unspecified atom stereocenters. The van der Waals surface area contributed by atoms with Crippen LogP contribution >= 0.6 is 11.6 Å². The van der Waals surface area contributed by atoms with Gasteiger partial charge < -0.3 is 20.0 Å². The van der Waals surface area contributed by atoms with Crippen molar-refractivity contribution in [1.29, 1.82) is 0 Å². The van der Waals surface area contributed by atoms with E-state index >= 15 is 0 Å². The average molecular weight is 401 g/mol. The predicted molar refractivity (Wildman–Crippen MR) is 102 cm³/mol. The molecule has 0 saturated carbocycles. The molecule has 1 fully saturated rings. The Labute approximate surface area is 165 Å². The number of hydrogen-bond acceptors (Lipinski definition) is 2. The lowest BCUT2D eigenvalue weighted by atomic mass is 10.2. The zero-order valence-electron chi connectivity index (χ0n) is 16.1. The Morgan fingerprint density at radius 1 is 1.26 bits per heavy atom. The molecule has 1 heterocycles. The third kappa shape index (κ3) is 6.45. The van der Waals surface area contributed by atoms with Crippen LogP contribution in [-0.4, -0.2) is 69.1 Å². The third-order valence-electron chi connectivity index (χ3n) is 5.00. The topological polar surface area (TPSA) is 58.3 Å². The summed E-state index contributed by atoms with van der Waals surface area (Å²) in [4.78, 5) is 28.3. The van der Waals surface area contributed by atoms with Crippen LogP contribution in [0.1, 0.15) is 19.4 Å². The second kappa shape index (κ2) is 10.6. The number of quaternary nitrogens is 2. The number of rotatable bonds is 8. The Kier molecular flexibility index (Phi) is 8.47. The fourth-order valence-electron chi connectivity index (χ4n) is 3.33. The summed E-state index contributed by atoms with van der Waals surface area (Å²) in [6, 6.07) is 4.74. The highest BCUT2D eigenvalue weighted by Gasteiger charge is 2.27. The minimum atomic E-state index is -0.277. The Morgan fingerprint density at radius 3 is 2.56 bits per heavy atom. The molecule has 0 bridgehead atoms. The maximum absolute atomic E-state index is 14.0. The summed E-state index contributed by atoms with van der Waals surface area (Å²) in [6.45, 7) is 9.12. The van der Waals surface area contributed by atoms with Gasteiger partial charge in [-0.2, -0.15) is 0 Å². The molecule has 1 aliphatic heterocycles. The second-order valence-corrected chi connectivity index (χ2v) is 7.33. The molecule has 1 aromatic rings. The lowest BCUT2D eigenvalue weighted by molar-refractivity contribution is -0.918. The molecule has 1 aliphatic rings. The number of hydrogen-bond donors (Lipinski definition) is 3. The van der Waals surface area contributed by atoms with E-state index < -0.39 is 0 Å². The van der Waals surface area contributed by atoms with Gasteiger partial charge in [-0.25, -0.2) is 4.39 Å². The summed E-state index contributed by atoms with van der Waals surface area (Å²) in [5, 5.41) is 3.22. The summed E-state index contributed by atoms with van der Waals surface area (Å²) in [7, 11) is 0. The zero-order chi connectivity index (χ0) is 19.8. The fraction of sp³-hybridized carbons (Fsp3) is 0.579. The van der Waals surface area contributed by atoms with Crippen LogP contribution in [0.25, 0.3) is 0 Å². The molecule has 2 rings (SSSR count). The number of nitrogens with zero attached hydrogens (tertiary/aromatic N) is 1. The van der Waals surface area contributed by atoms with Crippen LogP contribution in [0.3, 0.4) is 0 Å². The van der Waals surface area contributed by atoms with Crippen LogP contribution in [0.5, 0.6) is 0 Å². The van der Waals surface area contributed by atoms with E-state index in [0.29, 0.717) is 49.9 Å². The fourth-order valence-corrected chi connectivity index (χ4v) is 3.56. The summed E-state index contributed by atoms with van der Waals surface area (Å²) < 4.78 is 14.0. The smallest absolute Gasteiger partial charge is 0.278 e. The Balaban J connectivity index is 1.82. The van der Waals surface area contributed by atoms with E-state index in [9.17, 15) is 14.0 Å². The van der Waals surface area contributed by atoms with Gasteiger partial charge in [0.1, 0.15) is 12.4 Å². The lowest BCUT2D eigenvalue weighted by Crippen LogP contribution is -3.15. The van der Waals surface area contributed by atoms with Gasteiger partial charge in [0, 0.05) is 6.54 Å². The standard InChI is InChI=1S/C19H28ClFN4O2/c1-3-22-18(26)13-23(4-2)14-19(27)25-10-8-24(9-11-25)12-15-16(20)6-5-7-17(15)21/h5-7H,3-4,8-14H2,1-2H3,(H,22,26)/p+2. The molecule has 3 N–H and O–H groups in total. The normalized spacial score (nSPS) is 16.2. The van der Waals surface area contributed by atoms with Gasteiger partial charge in [0.2, 0.25) is 0 Å². The molecular formula is C19H30ClFN4O2+2. The maximum Gasteiger partial charge on any atom is 0.278 e. The second-order valence-electron chi connectivity index (χ2n) is 6.92. The first kappa shape index (κ1) is 21.6. The molecule has 0 aromatic heterocycles. The number of piperazine rings is 1. The van der Waals surface area contributed by atoms with E-state index in [4.69, 9.17) is 11.6 Å². The van der Waals surface area contributed by atoms with E-state index in [-0.39, 0.29) is 17.6 Å². The average Bonchev–Trinajstić information content (AvgIpc) is 2.65. The first-order valence-corrected chi connectivity index (χ1v) is 9.96. The molecular weight excluding hydrogens is 371 g/mol. The number of amides is 2. The van der Waals surface area contributed by atoms with E-state index in [2.05, 4.69) is 5.32 Å². The molecule has 150 valence electrons. The van der Waals surface area contributed by atoms with Crippen LogP contribution in [0.15, 0.2) is 18.2 Å². The molecule has 0 radical (unpaired) electrons. The summed E-state index contributed by atoms with van der Waals surface area (Å²) >= 11 is 6.11. The molecule has 1 saturated heterocycles. The number of halogens is 2. The molecule has 6 nitrogen and oxygen atoms in total. The van der Waals surface area contributed by atoms with Crippen molar-refractivity contribution < 1.29 is 23.8 Å². The van der Waals surface area contributed by atoms with E-state index in [0.717, 1.165) is 24.5 Å². The van der Waals surface area contributed by atoms with Crippen molar-refractivity contribution >= 4 is 23.4 Å². The van der Waals surface area contributed by atoms with Gasteiger partial charge >= 0.3 is 0 Å². The van der Waals surface area contributed by atoms with Crippen molar-refractivity contribution in [2.75, 3.05) is 52.4 Å². The van der Waals surface area contributed by atoms with Gasteiger partial charge in [-0.1, -0.05) is 17.7 Å². The number of carbonyl (C=O) groups is 2. The van der Waals surface area contributed by atoms with Crippen molar-refractivity contribution in [3.05, 3.63) is 34.6 Å². The van der Waals surface area contributed by atoms with Crippen molar-refractivity contribution in [2.45, 2.75) is 20.4 Å². The van der Waals surface area contributed by atoms with Crippen LogP contribution in [0.4, 0.5) is 4.39 Å². The zero-order valence-corrected chi connectivity index (χ0v) is 16.9. The minimum Gasteiger partial charge on any atom is -0.351 e. The molecule has 2 amide bonds. The number of carbonyl (C=O) groups excluding carboxylic acids is 2. The molecule has 0 spiro atoms. The predicted octanol–water partition coefficient (Wildman–Crippen LogP) is -1.25. The van der Waals surface area contributed by atoms with E-state index in [1.54, 1.807) is 12.1 Å². The van der Waals surface area contributed by atoms with Gasteiger partial charge in [0.05, 0.1) is 43.3 Å². The molecule has 8 heteroatoms. The Bertz CT molecular complexity index is 630. The highest BCUT2D eigenvalue weighted by molar-refractivity contribution is 6.31. The van der Waals surface area contributed by atoms with Crippen molar-refractivity contribution in [3.8, 4) is 0 Å². The van der Waals surface area contributed by atoms with Crippen LogP contribution in [0.2, 0.25) is 5.02 Å². The Morgan fingerprint density at radius 2 is 1.96 bits per heavy atom. The molecule has 0 aliphatic carbocycles. The summed E-state index contributed by atoms with van der Waals surface area (Å²) in [6.07, 6.45) is 0. The maximum atomic E-state index is 14.0. The summed E-state index contributed by atoms with van der Waals surface area (Å²) in [5.74, 6) is -0.238. The van der Waals surface area contributed by atoms with E-state index in [1.165, 1.54) is 11.0 Å². The SMILES string of the molecule is CCNC(=O)C[NH+](CC)CC(=O)N1CC[NH+](Cc2c(F)cccc2Cl)CC1. The highest BCUT2D eigenvalue weighted by atomic mass is 35.5. The van der Waals surface area contributed by atoms with Gasteiger partial charge in [-0.05, 0) is 26.0 Å². The van der Waals surface area contributed by atoms with Crippen LogP contribution in [0, 0.1) is 5.82 Å². The Hall–Kier alpha value is -1.70. The quantitative estimate of drug-likeness (QED) is 0.510. The molecule has 1 atom stereocenters. The van der Waals surface area contributed by atoms with Gasteiger partial charge in [-0.15, -0.1) is 0 Å². The minimum absolute atomic E-state index is 0.0295. The highest BCUT2D eigenvalue weighted by Crippen LogP contribution is 2.17. The number of nitrogens with one attached hydrogen (secondary N) is 3. The first-order chi connectivity index (χ1) is 12.9. The van der Waals surface area contributed by atoms with Crippen molar-refractivity contribution in [2.24, 2.45) is 0 Å². The summed E-state index contributed by atoms with van der Waals surface area (Å²) in [5.41, 5.74) is 0.539. The number of likely N-dealkylation sites (N-methyl/N-ethyl adjacent to an activating group) is 2. The van der Waals surface area contributed by atoms with Gasteiger partial charge in [-0.3, -0.25) is 9.59 Å². The van der Waals surface area contributed by atoms with Gasteiger partial charge in [0.15, 0.2) is 13.1 Å².